The van der Waals surface area contributed by atoms with Crippen LogP contribution in [-0.4, -0.2) is 29.1 Å². The van der Waals surface area contributed by atoms with Gasteiger partial charge in [-0.3, -0.25) is 0 Å². The number of halogens is 4. The van der Waals surface area contributed by atoms with E-state index in [1.165, 1.54) is 24.3 Å². The fourth-order valence-corrected chi connectivity index (χ4v) is 1.66. The van der Waals surface area contributed by atoms with Crippen molar-refractivity contribution in [2.24, 2.45) is 0 Å². The van der Waals surface area contributed by atoms with Crippen molar-refractivity contribution in [1.29, 1.82) is 0 Å². The van der Waals surface area contributed by atoms with Gasteiger partial charge in [-0.15, -0.1) is 0 Å². The van der Waals surface area contributed by atoms with Crippen molar-refractivity contribution in [3.05, 3.63) is 48.0 Å². The summed E-state index contributed by atoms with van der Waals surface area (Å²) in [7, 11) is 0. The maximum absolute atomic E-state index is 12.7. The summed E-state index contributed by atoms with van der Waals surface area (Å²) in [5, 5.41) is 7.52. The van der Waals surface area contributed by atoms with E-state index in [0.29, 0.717) is 5.69 Å². The van der Waals surface area contributed by atoms with Crippen molar-refractivity contribution in [3.8, 4) is 0 Å². The third-order valence-corrected chi connectivity index (χ3v) is 2.74. The lowest BCUT2D eigenvalue weighted by Gasteiger charge is -2.10. The first-order chi connectivity index (χ1) is 11.3. The summed E-state index contributed by atoms with van der Waals surface area (Å²) in [4.78, 5) is 18.6. The van der Waals surface area contributed by atoms with Crippen LogP contribution >= 0.6 is 0 Å². The molecule has 128 valence electrons. The van der Waals surface area contributed by atoms with Gasteiger partial charge in [0.25, 0.3) is 0 Å². The molecule has 0 aliphatic carbocycles. The summed E-state index contributed by atoms with van der Waals surface area (Å²) in [5.74, 6) is -0.614. The van der Waals surface area contributed by atoms with Gasteiger partial charge in [-0.25, -0.2) is 19.2 Å². The van der Waals surface area contributed by atoms with Crippen molar-refractivity contribution in [2.45, 2.75) is 6.18 Å². The highest BCUT2D eigenvalue weighted by molar-refractivity contribution is 5.89. The molecule has 0 spiro atoms. The van der Waals surface area contributed by atoms with Crippen LogP contribution in [0.5, 0.6) is 0 Å². The van der Waals surface area contributed by atoms with E-state index in [0.717, 1.165) is 12.3 Å². The second-order valence-electron chi connectivity index (χ2n) is 4.58. The summed E-state index contributed by atoms with van der Waals surface area (Å²) in [6, 6.07) is 5.41. The zero-order chi connectivity index (χ0) is 17.6. The number of nitrogens with one attached hydrogen (secondary N) is 3. The Hall–Kier alpha value is -2.91. The molecule has 0 atom stereocenters. The highest BCUT2D eigenvalue weighted by atomic mass is 19.4. The van der Waals surface area contributed by atoms with E-state index in [9.17, 15) is 22.4 Å². The van der Waals surface area contributed by atoms with Crippen LogP contribution in [0, 0.1) is 5.82 Å². The van der Waals surface area contributed by atoms with Gasteiger partial charge in [0.15, 0.2) is 0 Å². The van der Waals surface area contributed by atoms with Gasteiger partial charge < -0.3 is 16.0 Å². The van der Waals surface area contributed by atoms with Crippen LogP contribution in [-0.2, 0) is 6.18 Å². The summed E-state index contributed by atoms with van der Waals surface area (Å²) >= 11 is 0. The van der Waals surface area contributed by atoms with Crippen molar-refractivity contribution in [2.75, 3.05) is 23.7 Å². The molecular formula is C14H13F4N5O. The van der Waals surface area contributed by atoms with Crippen LogP contribution < -0.4 is 16.0 Å². The minimum absolute atomic E-state index is 0.118. The molecule has 24 heavy (non-hydrogen) atoms. The minimum Gasteiger partial charge on any atom is -0.352 e. The molecule has 1 aromatic heterocycles. The summed E-state index contributed by atoms with van der Waals surface area (Å²) in [6.07, 6.45) is -3.56. The van der Waals surface area contributed by atoms with Crippen LogP contribution in [0.4, 0.5) is 34.0 Å². The van der Waals surface area contributed by atoms with E-state index in [1.54, 1.807) is 0 Å². The summed E-state index contributed by atoms with van der Waals surface area (Å²) in [6.45, 7) is 0.241. The molecule has 3 N–H and O–H groups in total. The molecule has 0 saturated heterocycles. The molecule has 10 heteroatoms. The van der Waals surface area contributed by atoms with Crippen molar-refractivity contribution >= 4 is 17.7 Å². The Morgan fingerprint density at radius 3 is 2.46 bits per heavy atom. The lowest BCUT2D eigenvalue weighted by atomic mass is 10.3. The zero-order valence-corrected chi connectivity index (χ0v) is 12.2. The molecule has 6 nitrogen and oxygen atoms in total. The summed E-state index contributed by atoms with van der Waals surface area (Å²) in [5.41, 5.74) is -0.648. The Morgan fingerprint density at radius 2 is 1.79 bits per heavy atom. The van der Waals surface area contributed by atoms with E-state index in [2.05, 4.69) is 25.9 Å². The molecule has 0 saturated carbocycles. The molecule has 0 aliphatic rings. The van der Waals surface area contributed by atoms with Crippen LogP contribution in [0.15, 0.2) is 36.5 Å². The van der Waals surface area contributed by atoms with Crippen LogP contribution in [0.3, 0.4) is 0 Å². The van der Waals surface area contributed by atoms with Gasteiger partial charge in [-0.1, -0.05) is 0 Å². The number of carbonyl (C=O) groups is 1. The molecule has 0 fully saturated rings. The van der Waals surface area contributed by atoms with E-state index in [1.807, 2.05) is 0 Å². The lowest BCUT2D eigenvalue weighted by Crippen LogP contribution is -2.32. The zero-order valence-electron chi connectivity index (χ0n) is 12.2. The predicted molar refractivity (Wildman–Crippen MR) is 78.9 cm³/mol. The number of rotatable bonds is 5. The maximum atomic E-state index is 12.7. The van der Waals surface area contributed by atoms with E-state index in [4.69, 9.17) is 0 Å². The Bertz CT molecular complexity index is 690. The fraction of sp³-hybridized carbons (Fsp3) is 0.214. The highest BCUT2D eigenvalue weighted by Crippen LogP contribution is 2.27. The smallest absolute Gasteiger partial charge is 0.352 e. The molecule has 2 aromatic rings. The van der Waals surface area contributed by atoms with E-state index >= 15 is 0 Å². The van der Waals surface area contributed by atoms with Gasteiger partial charge in [0, 0.05) is 25.0 Å². The van der Waals surface area contributed by atoms with Crippen molar-refractivity contribution in [3.63, 3.8) is 0 Å². The van der Waals surface area contributed by atoms with Crippen LogP contribution in [0.2, 0.25) is 0 Å². The molecule has 2 amide bonds. The standard InChI is InChI=1S/C14H13F4N5O/c15-9-1-3-10(4-2-9)22-13(24)21-8-7-20-12-19-6-5-11(23-12)14(16,17)18/h1-6H,7-8H2,(H,19,20,23)(H2,21,22,24). The number of hydrogen-bond donors (Lipinski definition) is 3. The Kier molecular flexibility index (Phi) is 5.51. The lowest BCUT2D eigenvalue weighted by molar-refractivity contribution is -0.141. The van der Waals surface area contributed by atoms with Gasteiger partial charge in [0.1, 0.15) is 11.5 Å². The number of amides is 2. The van der Waals surface area contributed by atoms with Crippen LogP contribution in [0.25, 0.3) is 0 Å². The second kappa shape index (κ2) is 7.57. The predicted octanol–water partition coefficient (Wildman–Crippen LogP) is 2.87. The monoisotopic (exact) mass is 343 g/mol. The largest absolute Gasteiger partial charge is 0.433 e. The SMILES string of the molecule is O=C(NCCNc1nccc(C(F)(F)F)n1)Nc1ccc(F)cc1. The number of aromatic nitrogens is 2. The van der Waals surface area contributed by atoms with Gasteiger partial charge >= 0.3 is 12.2 Å². The topological polar surface area (TPSA) is 78.9 Å². The normalized spacial score (nSPS) is 11.0. The molecule has 1 aromatic carbocycles. The van der Waals surface area contributed by atoms with Crippen LogP contribution in [0.1, 0.15) is 5.69 Å². The first-order valence-corrected chi connectivity index (χ1v) is 6.79. The minimum atomic E-state index is -4.55. The highest BCUT2D eigenvalue weighted by Gasteiger charge is 2.32. The van der Waals surface area contributed by atoms with E-state index < -0.39 is 23.7 Å². The fourth-order valence-electron chi connectivity index (χ4n) is 1.66. The molecule has 0 aliphatic heterocycles. The first kappa shape index (κ1) is 17.4. The number of nitrogens with zero attached hydrogens (tertiary/aromatic N) is 2. The number of benzene rings is 1. The van der Waals surface area contributed by atoms with Gasteiger partial charge in [-0.05, 0) is 30.3 Å². The van der Waals surface area contributed by atoms with Crippen molar-refractivity contribution < 1.29 is 22.4 Å². The molecule has 1 heterocycles. The number of urea groups is 1. The van der Waals surface area contributed by atoms with Gasteiger partial charge in [-0.2, -0.15) is 13.2 Å². The Balaban J connectivity index is 1.74. The molecule has 0 radical (unpaired) electrons. The van der Waals surface area contributed by atoms with Gasteiger partial charge in [0.05, 0.1) is 0 Å². The first-order valence-electron chi connectivity index (χ1n) is 6.79. The second-order valence-corrected chi connectivity index (χ2v) is 4.58. The molecule has 0 bridgehead atoms. The number of carbonyl (C=O) groups excluding carboxylic acids is 1. The molecule has 0 unspecified atom stereocenters. The average Bonchev–Trinajstić information content (AvgIpc) is 2.53. The third kappa shape index (κ3) is 5.38. The Morgan fingerprint density at radius 1 is 1.08 bits per heavy atom. The van der Waals surface area contributed by atoms with Gasteiger partial charge in [0.2, 0.25) is 5.95 Å². The average molecular weight is 343 g/mol. The number of alkyl halides is 3. The van der Waals surface area contributed by atoms with Crippen molar-refractivity contribution in [1.82, 2.24) is 15.3 Å². The Labute approximate surface area is 134 Å². The quantitative estimate of drug-likeness (QED) is 0.576. The molecular weight excluding hydrogens is 330 g/mol. The third-order valence-electron chi connectivity index (χ3n) is 2.74. The number of hydrogen-bond acceptors (Lipinski definition) is 4. The molecule has 2 rings (SSSR count). The maximum Gasteiger partial charge on any atom is 0.433 e. The van der Waals surface area contributed by atoms with E-state index in [-0.39, 0.29) is 19.0 Å². The number of anilines is 2. The summed E-state index contributed by atoms with van der Waals surface area (Å²) < 4.78 is 50.2.